The number of piperidine rings is 1. The number of amides is 2. The maximum Gasteiger partial charge on any atom is 0.323 e. The van der Waals surface area contributed by atoms with Crippen LogP contribution in [0.5, 0.6) is 0 Å². The van der Waals surface area contributed by atoms with Crippen LogP contribution in [0.3, 0.4) is 0 Å². The summed E-state index contributed by atoms with van der Waals surface area (Å²) in [6.45, 7) is 4.66. The van der Waals surface area contributed by atoms with E-state index in [2.05, 4.69) is 10.3 Å². The predicted molar refractivity (Wildman–Crippen MR) is 72.3 cm³/mol. The molecule has 2 heterocycles. The standard InChI is InChI=1S/C12H17N3O3S/c1-7-3-9(10(16)17)5-15(4-7)12(18)14-11-13-8(2)6-19-11/h6-7,9H,3-5H2,1-2H3,(H,16,17)(H,13,14,18). The highest BCUT2D eigenvalue weighted by atomic mass is 32.1. The van der Waals surface area contributed by atoms with Crippen molar-refractivity contribution in [3.63, 3.8) is 0 Å². The Kier molecular flexibility index (Phi) is 4.04. The molecule has 1 saturated heterocycles. The van der Waals surface area contributed by atoms with Gasteiger partial charge < -0.3 is 10.0 Å². The van der Waals surface area contributed by atoms with Crippen LogP contribution in [0.25, 0.3) is 0 Å². The van der Waals surface area contributed by atoms with Gasteiger partial charge in [-0.3, -0.25) is 10.1 Å². The Morgan fingerprint density at radius 2 is 2.26 bits per heavy atom. The molecule has 2 atom stereocenters. The van der Waals surface area contributed by atoms with Crippen molar-refractivity contribution in [2.45, 2.75) is 20.3 Å². The van der Waals surface area contributed by atoms with E-state index < -0.39 is 11.9 Å². The number of hydrogen-bond acceptors (Lipinski definition) is 4. The minimum Gasteiger partial charge on any atom is -0.481 e. The zero-order valence-electron chi connectivity index (χ0n) is 10.9. The van der Waals surface area contributed by atoms with Crippen molar-refractivity contribution in [2.24, 2.45) is 11.8 Å². The molecule has 104 valence electrons. The SMILES string of the molecule is Cc1csc(NC(=O)N2CC(C)CC(C(=O)O)C2)n1. The Morgan fingerprint density at radius 1 is 1.53 bits per heavy atom. The van der Waals surface area contributed by atoms with Crippen LogP contribution in [0.15, 0.2) is 5.38 Å². The van der Waals surface area contributed by atoms with Crippen LogP contribution < -0.4 is 5.32 Å². The molecule has 7 heteroatoms. The number of carboxylic acid groups (broad SMARTS) is 1. The quantitative estimate of drug-likeness (QED) is 0.870. The van der Waals surface area contributed by atoms with Gasteiger partial charge in [-0.05, 0) is 19.3 Å². The van der Waals surface area contributed by atoms with Gasteiger partial charge in [0.15, 0.2) is 5.13 Å². The number of carboxylic acids is 1. The van der Waals surface area contributed by atoms with Crippen LogP contribution in [0.1, 0.15) is 19.0 Å². The monoisotopic (exact) mass is 283 g/mol. The Hall–Kier alpha value is -1.63. The second-order valence-electron chi connectivity index (χ2n) is 5.01. The van der Waals surface area contributed by atoms with Crippen molar-refractivity contribution in [3.05, 3.63) is 11.1 Å². The molecule has 2 unspecified atom stereocenters. The summed E-state index contributed by atoms with van der Waals surface area (Å²) in [6.07, 6.45) is 0.621. The third kappa shape index (κ3) is 3.44. The first-order chi connectivity index (χ1) is 8.95. The molecule has 2 amide bonds. The average Bonchev–Trinajstić information content (AvgIpc) is 2.73. The fraction of sp³-hybridized carbons (Fsp3) is 0.583. The van der Waals surface area contributed by atoms with Gasteiger partial charge in [0.1, 0.15) is 0 Å². The van der Waals surface area contributed by atoms with E-state index in [1.54, 1.807) is 4.90 Å². The van der Waals surface area contributed by atoms with Crippen molar-refractivity contribution >= 4 is 28.5 Å². The molecular formula is C12H17N3O3S. The van der Waals surface area contributed by atoms with Crippen molar-refractivity contribution in [1.82, 2.24) is 9.88 Å². The molecule has 0 saturated carbocycles. The highest BCUT2D eigenvalue weighted by Gasteiger charge is 2.32. The van der Waals surface area contributed by atoms with E-state index in [1.165, 1.54) is 11.3 Å². The molecule has 1 aromatic heterocycles. The van der Waals surface area contributed by atoms with E-state index in [-0.39, 0.29) is 18.5 Å². The minimum atomic E-state index is -0.838. The molecule has 1 aliphatic heterocycles. The molecule has 0 aliphatic carbocycles. The van der Waals surface area contributed by atoms with E-state index in [0.717, 1.165) is 5.69 Å². The van der Waals surface area contributed by atoms with Gasteiger partial charge in [-0.15, -0.1) is 11.3 Å². The number of nitrogens with zero attached hydrogens (tertiary/aromatic N) is 2. The first-order valence-electron chi connectivity index (χ1n) is 6.16. The van der Waals surface area contributed by atoms with E-state index >= 15 is 0 Å². The Labute approximate surface area is 115 Å². The van der Waals surface area contributed by atoms with E-state index in [1.807, 2.05) is 19.2 Å². The van der Waals surface area contributed by atoms with E-state index in [9.17, 15) is 9.59 Å². The summed E-state index contributed by atoms with van der Waals surface area (Å²) in [6, 6.07) is -0.271. The minimum absolute atomic E-state index is 0.193. The van der Waals surface area contributed by atoms with Gasteiger partial charge in [-0.2, -0.15) is 0 Å². The lowest BCUT2D eigenvalue weighted by Gasteiger charge is -2.34. The lowest BCUT2D eigenvalue weighted by molar-refractivity contribution is -0.143. The molecule has 0 aromatic carbocycles. The third-order valence-corrected chi connectivity index (χ3v) is 4.00. The smallest absolute Gasteiger partial charge is 0.323 e. The third-order valence-electron chi connectivity index (χ3n) is 3.13. The zero-order valence-corrected chi connectivity index (χ0v) is 11.7. The number of anilines is 1. The number of aliphatic carboxylic acids is 1. The largest absolute Gasteiger partial charge is 0.481 e. The molecule has 1 fully saturated rings. The molecule has 1 aromatic rings. The number of aromatic nitrogens is 1. The summed E-state index contributed by atoms with van der Waals surface area (Å²) in [4.78, 5) is 28.9. The van der Waals surface area contributed by atoms with Gasteiger partial charge in [-0.1, -0.05) is 6.92 Å². The van der Waals surface area contributed by atoms with Gasteiger partial charge in [0, 0.05) is 18.5 Å². The summed E-state index contributed by atoms with van der Waals surface area (Å²) >= 11 is 1.36. The van der Waals surface area contributed by atoms with Crippen LogP contribution in [-0.4, -0.2) is 40.1 Å². The lowest BCUT2D eigenvalue weighted by atomic mass is 9.91. The number of thiazole rings is 1. The summed E-state index contributed by atoms with van der Waals surface area (Å²) in [7, 11) is 0. The van der Waals surface area contributed by atoms with E-state index in [4.69, 9.17) is 5.11 Å². The van der Waals surface area contributed by atoms with Gasteiger partial charge in [-0.25, -0.2) is 9.78 Å². The predicted octanol–water partition coefficient (Wildman–Crippen LogP) is 2.03. The lowest BCUT2D eigenvalue weighted by Crippen LogP contribution is -2.47. The number of aryl methyl sites for hydroxylation is 1. The van der Waals surface area contributed by atoms with Crippen LogP contribution in [0.2, 0.25) is 0 Å². The summed E-state index contributed by atoms with van der Waals surface area (Å²) in [5.74, 6) is -1.12. The van der Waals surface area contributed by atoms with Gasteiger partial charge in [0.2, 0.25) is 0 Å². The molecule has 0 spiro atoms. The number of urea groups is 1. The second-order valence-corrected chi connectivity index (χ2v) is 5.86. The average molecular weight is 283 g/mol. The molecule has 2 N–H and O–H groups in total. The van der Waals surface area contributed by atoms with Crippen LogP contribution in [0, 0.1) is 18.8 Å². The highest BCUT2D eigenvalue weighted by molar-refractivity contribution is 7.13. The molecule has 6 nitrogen and oxygen atoms in total. The maximum atomic E-state index is 12.1. The number of nitrogens with one attached hydrogen (secondary N) is 1. The number of rotatable bonds is 2. The van der Waals surface area contributed by atoms with Gasteiger partial charge >= 0.3 is 12.0 Å². The maximum absolute atomic E-state index is 12.1. The topological polar surface area (TPSA) is 82.5 Å². The summed E-state index contributed by atoms with van der Waals surface area (Å²) in [5.41, 5.74) is 0.857. The number of carbonyl (C=O) groups is 2. The summed E-state index contributed by atoms with van der Waals surface area (Å²) in [5, 5.41) is 14.2. The molecule has 0 radical (unpaired) electrons. The van der Waals surface area contributed by atoms with Crippen LogP contribution in [-0.2, 0) is 4.79 Å². The molecule has 19 heavy (non-hydrogen) atoms. The number of carbonyl (C=O) groups excluding carboxylic acids is 1. The normalized spacial score (nSPS) is 23.2. The first kappa shape index (κ1) is 13.8. The van der Waals surface area contributed by atoms with Gasteiger partial charge in [0.25, 0.3) is 0 Å². The van der Waals surface area contributed by atoms with Crippen molar-refractivity contribution in [1.29, 1.82) is 0 Å². The Morgan fingerprint density at radius 3 is 2.84 bits per heavy atom. The zero-order chi connectivity index (χ0) is 14.0. The number of likely N-dealkylation sites (tertiary alicyclic amines) is 1. The highest BCUT2D eigenvalue weighted by Crippen LogP contribution is 2.23. The Bertz CT molecular complexity index is 488. The molecular weight excluding hydrogens is 266 g/mol. The van der Waals surface area contributed by atoms with Crippen molar-refractivity contribution in [3.8, 4) is 0 Å². The van der Waals surface area contributed by atoms with Crippen LogP contribution >= 0.6 is 11.3 Å². The second kappa shape index (κ2) is 5.56. The number of hydrogen-bond donors (Lipinski definition) is 2. The molecule has 1 aliphatic rings. The van der Waals surface area contributed by atoms with Crippen LogP contribution in [0.4, 0.5) is 9.93 Å². The molecule has 0 bridgehead atoms. The van der Waals surface area contributed by atoms with Crippen molar-refractivity contribution < 1.29 is 14.7 Å². The van der Waals surface area contributed by atoms with E-state index in [0.29, 0.717) is 18.1 Å². The fourth-order valence-electron chi connectivity index (χ4n) is 2.28. The Balaban J connectivity index is 2.00. The summed E-state index contributed by atoms with van der Waals surface area (Å²) < 4.78 is 0. The molecule has 2 rings (SSSR count). The van der Waals surface area contributed by atoms with Gasteiger partial charge in [0.05, 0.1) is 11.6 Å². The first-order valence-corrected chi connectivity index (χ1v) is 7.04. The fourth-order valence-corrected chi connectivity index (χ4v) is 2.96. The van der Waals surface area contributed by atoms with Crippen molar-refractivity contribution in [2.75, 3.05) is 18.4 Å².